The number of hydrogen-bond donors (Lipinski definition) is 2. The lowest BCUT2D eigenvalue weighted by molar-refractivity contribution is 0.275. The summed E-state index contributed by atoms with van der Waals surface area (Å²) in [7, 11) is 1.91. The van der Waals surface area contributed by atoms with Crippen molar-refractivity contribution in [3.05, 3.63) is 64.4 Å². The molecular weight excluding hydrogens is 313 g/mol. The lowest BCUT2D eigenvalue weighted by Gasteiger charge is -2.07. The van der Waals surface area contributed by atoms with Gasteiger partial charge in [0.15, 0.2) is 0 Å². The van der Waals surface area contributed by atoms with Gasteiger partial charge in [0.2, 0.25) is 0 Å². The normalized spacial score (nSPS) is 11.1. The molecule has 0 aliphatic carbocycles. The van der Waals surface area contributed by atoms with E-state index in [0.29, 0.717) is 18.7 Å². The van der Waals surface area contributed by atoms with Crippen LogP contribution in [0.3, 0.4) is 0 Å². The summed E-state index contributed by atoms with van der Waals surface area (Å²) in [4.78, 5) is 1.15. The van der Waals surface area contributed by atoms with Crippen molar-refractivity contribution < 1.29 is 9.50 Å². The number of nitrogens with one attached hydrogen (secondary N) is 1. The fourth-order valence-electron chi connectivity index (χ4n) is 2.49. The molecule has 4 nitrogen and oxygen atoms in total. The SMILES string of the molecule is Cn1cc(CNCc2ccc(F)c(CO)c2)c(-c2cccs2)n1. The molecule has 2 heterocycles. The zero-order valence-electron chi connectivity index (χ0n) is 12.8. The van der Waals surface area contributed by atoms with Crippen LogP contribution in [0.4, 0.5) is 4.39 Å². The largest absolute Gasteiger partial charge is 0.392 e. The second-order valence-corrected chi connectivity index (χ2v) is 6.29. The van der Waals surface area contributed by atoms with E-state index < -0.39 is 0 Å². The van der Waals surface area contributed by atoms with E-state index in [9.17, 15) is 4.39 Å². The van der Waals surface area contributed by atoms with Crippen LogP contribution in [0.1, 0.15) is 16.7 Å². The summed E-state index contributed by atoms with van der Waals surface area (Å²) in [6, 6.07) is 8.88. The van der Waals surface area contributed by atoms with E-state index in [-0.39, 0.29) is 12.4 Å². The van der Waals surface area contributed by atoms with Crippen LogP contribution in [0.15, 0.2) is 41.9 Å². The number of aliphatic hydroxyl groups excluding tert-OH is 1. The molecule has 1 aromatic carbocycles. The summed E-state index contributed by atoms with van der Waals surface area (Å²) in [5.74, 6) is -0.372. The summed E-state index contributed by atoms with van der Waals surface area (Å²) in [5.41, 5.74) is 3.38. The van der Waals surface area contributed by atoms with Crippen LogP contribution in [0, 0.1) is 5.82 Å². The fourth-order valence-corrected chi connectivity index (χ4v) is 3.23. The van der Waals surface area contributed by atoms with E-state index in [2.05, 4.69) is 16.5 Å². The number of aliphatic hydroxyl groups is 1. The smallest absolute Gasteiger partial charge is 0.128 e. The summed E-state index contributed by atoms with van der Waals surface area (Å²) >= 11 is 1.67. The van der Waals surface area contributed by atoms with Gasteiger partial charge in [-0.3, -0.25) is 4.68 Å². The molecule has 0 amide bonds. The maximum Gasteiger partial charge on any atom is 0.128 e. The van der Waals surface area contributed by atoms with E-state index in [1.807, 2.05) is 29.4 Å². The van der Waals surface area contributed by atoms with Crippen LogP contribution in [0.2, 0.25) is 0 Å². The first-order chi connectivity index (χ1) is 11.2. The van der Waals surface area contributed by atoms with Crippen molar-refractivity contribution in [3.63, 3.8) is 0 Å². The molecule has 0 fully saturated rings. The van der Waals surface area contributed by atoms with Crippen molar-refractivity contribution >= 4 is 11.3 Å². The van der Waals surface area contributed by atoms with Crippen molar-refractivity contribution in [1.82, 2.24) is 15.1 Å². The van der Waals surface area contributed by atoms with Crippen molar-refractivity contribution in [1.29, 1.82) is 0 Å². The molecule has 0 bridgehead atoms. The van der Waals surface area contributed by atoms with Crippen LogP contribution >= 0.6 is 11.3 Å². The summed E-state index contributed by atoms with van der Waals surface area (Å²) in [6.07, 6.45) is 2.01. The van der Waals surface area contributed by atoms with Crippen molar-refractivity contribution in [3.8, 4) is 10.6 Å². The number of aryl methyl sites for hydroxylation is 1. The van der Waals surface area contributed by atoms with Gasteiger partial charge >= 0.3 is 0 Å². The van der Waals surface area contributed by atoms with Crippen LogP contribution in [0.25, 0.3) is 10.6 Å². The van der Waals surface area contributed by atoms with Crippen LogP contribution < -0.4 is 5.32 Å². The number of nitrogens with zero attached hydrogens (tertiary/aromatic N) is 2. The zero-order valence-corrected chi connectivity index (χ0v) is 13.6. The Morgan fingerprint density at radius 1 is 1.26 bits per heavy atom. The first kappa shape index (κ1) is 15.9. The molecule has 0 saturated heterocycles. The molecule has 23 heavy (non-hydrogen) atoms. The quantitative estimate of drug-likeness (QED) is 0.730. The van der Waals surface area contributed by atoms with Gasteiger partial charge in [-0.25, -0.2) is 4.39 Å². The molecule has 0 radical (unpaired) electrons. The molecule has 2 N–H and O–H groups in total. The Balaban J connectivity index is 1.68. The van der Waals surface area contributed by atoms with Gasteiger partial charge in [0.25, 0.3) is 0 Å². The second kappa shape index (κ2) is 7.04. The molecule has 0 unspecified atom stereocenters. The standard InChI is InChI=1S/C17H18FN3OS/c1-21-10-14(17(20-21)16-3-2-6-23-16)9-19-8-12-4-5-15(18)13(7-12)11-22/h2-7,10,19,22H,8-9,11H2,1H3. The summed E-state index contributed by atoms with van der Waals surface area (Å²) < 4.78 is 15.2. The highest BCUT2D eigenvalue weighted by Crippen LogP contribution is 2.26. The average molecular weight is 331 g/mol. The van der Waals surface area contributed by atoms with Gasteiger partial charge < -0.3 is 10.4 Å². The topological polar surface area (TPSA) is 50.1 Å². The molecule has 0 saturated carbocycles. The Morgan fingerprint density at radius 2 is 2.13 bits per heavy atom. The third-order valence-corrected chi connectivity index (χ3v) is 4.46. The van der Waals surface area contributed by atoms with Gasteiger partial charge in [-0.15, -0.1) is 11.3 Å². The van der Waals surface area contributed by atoms with Crippen molar-refractivity contribution in [2.45, 2.75) is 19.7 Å². The van der Waals surface area contributed by atoms with Gasteiger partial charge in [-0.1, -0.05) is 12.1 Å². The maximum atomic E-state index is 13.4. The number of aromatic nitrogens is 2. The lowest BCUT2D eigenvalue weighted by Crippen LogP contribution is -2.13. The van der Waals surface area contributed by atoms with Gasteiger partial charge in [-0.2, -0.15) is 5.10 Å². The van der Waals surface area contributed by atoms with E-state index >= 15 is 0 Å². The van der Waals surface area contributed by atoms with Crippen LogP contribution in [0.5, 0.6) is 0 Å². The monoisotopic (exact) mass is 331 g/mol. The van der Waals surface area contributed by atoms with Gasteiger partial charge in [0, 0.05) is 37.5 Å². The molecule has 6 heteroatoms. The Bertz CT molecular complexity index is 783. The second-order valence-electron chi connectivity index (χ2n) is 5.34. The Morgan fingerprint density at radius 3 is 2.87 bits per heavy atom. The Labute approximate surface area is 138 Å². The minimum absolute atomic E-state index is 0.287. The number of rotatable bonds is 6. The molecule has 3 aromatic rings. The first-order valence-corrected chi connectivity index (χ1v) is 8.20. The maximum absolute atomic E-state index is 13.4. The molecule has 2 aromatic heterocycles. The van der Waals surface area contributed by atoms with E-state index in [0.717, 1.165) is 21.7 Å². The van der Waals surface area contributed by atoms with Gasteiger partial charge in [0.1, 0.15) is 11.5 Å². The molecular formula is C17H18FN3OS. The van der Waals surface area contributed by atoms with Crippen LogP contribution in [-0.2, 0) is 26.7 Å². The van der Waals surface area contributed by atoms with Crippen LogP contribution in [-0.4, -0.2) is 14.9 Å². The first-order valence-electron chi connectivity index (χ1n) is 7.32. The minimum Gasteiger partial charge on any atom is -0.392 e. The predicted molar refractivity (Wildman–Crippen MR) is 89.4 cm³/mol. The minimum atomic E-state index is -0.372. The molecule has 0 spiro atoms. The Hall–Kier alpha value is -2.02. The van der Waals surface area contributed by atoms with Crippen molar-refractivity contribution in [2.24, 2.45) is 7.05 Å². The van der Waals surface area contributed by atoms with Gasteiger partial charge in [0.05, 0.1) is 11.5 Å². The highest BCUT2D eigenvalue weighted by atomic mass is 32.1. The third kappa shape index (κ3) is 3.67. The lowest BCUT2D eigenvalue weighted by atomic mass is 10.1. The van der Waals surface area contributed by atoms with E-state index in [4.69, 9.17) is 5.11 Å². The fraction of sp³-hybridized carbons (Fsp3) is 0.235. The van der Waals surface area contributed by atoms with Gasteiger partial charge in [-0.05, 0) is 29.1 Å². The molecule has 0 atom stereocenters. The number of thiophene rings is 1. The number of halogens is 1. The Kier molecular flexibility index (Phi) is 4.85. The molecule has 120 valence electrons. The highest BCUT2D eigenvalue weighted by Gasteiger charge is 2.11. The zero-order chi connectivity index (χ0) is 16.2. The van der Waals surface area contributed by atoms with Crippen molar-refractivity contribution in [2.75, 3.05) is 0 Å². The molecule has 0 aliphatic heterocycles. The average Bonchev–Trinajstić information content (AvgIpc) is 3.18. The molecule has 3 rings (SSSR count). The number of hydrogen-bond acceptors (Lipinski definition) is 4. The van der Waals surface area contributed by atoms with E-state index in [1.165, 1.54) is 6.07 Å². The third-order valence-electron chi connectivity index (χ3n) is 3.58. The summed E-state index contributed by atoms with van der Waals surface area (Å²) in [5, 5.41) is 19.0. The summed E-state index contributed by atoms with van der Waals surface area (Å²) in [6.45, 7) is 0.990. The number of benzene rings is 1. The van der Waals surface area contributed by atoms with E-state index in [1.54, 1.807) is 23.5 Å². The highest BCUT2D eigenvalue weighted by molar-refractivity contribution is 7.13. The molecule has 0 aliphatic rings. The predicted octanol–water partition coefficient (Wildman–Crippen LogP) is 3.07.